The van der Waals surface area contributed by atoms with E-state index >= 15 is 0 Å². The third-order valence-electron chi connectivity index (χ3n) is 2.66. The summed E-state index contributed by atoms with van der Waals surface area (Å²) >= 11 is 0. The fourth-order valence-electron chi connectivity index (χ4n) is 1.69. The van der Waals surface area contributed by atoms with Crippen molar-refractivity contribution in [1.82, 2.24) is 0 Å². The van der Waals surface area contributed by atoms with Gasteiger partial charge in [0.15, 0.2) is 12.4 Å². The molecule has 0 amide bonds. The van der Waals surface area contributed by atoms with E-state index in [4.69, 9.17) is 14.2 Å². The highest BCUT2D eigenvalue weighted by atomic mass is 16.6. The lowest BCUT2D eigenvalue weighted by atomic mass is 10.0. The molecule has 16 heavy (non-hydrogen) atoms. The maximum Gasteiger partial charge on any atom is 0.308 e. The topological polar surface area (TPSA) is 65.0 Å². The fourth-order valence-corrected chi connectivity index (χ4v) is 1.69. The van der Waals surface area contributed by atoms with Crippen LogP contribution in [0, 0.1) is 5.92 Å². The zero-order valence-electron chi connectivity index (χ0n) is 10.2. The van der Waals surface area contributed by atoms with Crippen LogP contribution in [0.15, 0.2) is 0 Å². The average Bonchev–Trinajstić information content (AvgIpc) is 2.21. The Morgan fingerprint density at radius 2 is 2.12 bits per heavy atom. The lowest BCUT2D eigenvalue weighted by Crippen LogP contribution is -2.50. The van der Waals surface area contributed by atoms with Gasteiger partial charge < -0.3 is 19.3 Å². The first-order chi connectivity index (χ1) is 7.45. The summed E-state index contributed by atoms with van der Waals surface area (Å²) in [7, 11) is 1.53. The van der Waals surface area contributed by atoms with Crippen molar-refractivity contribution < 1.29 is 24.1 Å². The van der Waals surface area contributed by atoms with E-state index in [1.807, 2.05) is 0 Å². The molecule has 1 fully saturated rings. The van der Waals surface area contributed by atoms with Crippen molar-refractivity contribution in [3.63, 3.8) is 0 Å². The molecule has 0 aromatic carbocycles. The van der Waals surface area contributed by atoms with Gasteiger partial charge in [-0.25, -0.2) is 0 Å². The molecule has 1 N–H and O–H groups in total. The van der Waals surface area contributed by atoms with E-state index in [2.05, 4.69) is 0 Å². The monoisotopic (exact) mass is 232 g/mol. The Morgan fingerprint density at radius 1 is 1.50 bits per heavy atom. The van der Waals surface area contributed by atoms with Gasteiger partial charge in [-0.1, -0.05) is 13.8 Å². The van der Waals surface area contributed by atoms with Crippen LogP contribution in [-0.4, -0.2) is 42.8 Å². The number of aliphatic hydroxyl groups excluding tert-OH is 1. The molecule has 2 unspecified atom stereocenters. The number of ether oxygens (including phenoxy) is 3. The molecule has 94 valence electrons. The summed E-state index contributed by atoms with van der Waals surface area (Å²) in [4.78, 5) is 11.5. The highest BCUT2D eigenvalue weighted by Gasteiger charge is 2.38. The molecule has 1 aliphatic heterocycles. The smallest absolute Gasteiger partial charge is 0.308 e. The first-order valence-electron chi connectivity index (χ1n) is 5.52. The van der Waals surface area contributed by atoms with Crippen molar-refractivity contribution in [3.05, 3.63) is 0 Å². The second-order valence-electron chi connectivity index (χ2n) is 4.36. The SMILES string of the molecule is COC1C[C@H](O)OC(C)[C@@H]1OC(=O)C(C)C. The van der Waals surface area contributed by atoms with Crippen LogP contribution in [0.3, 0.4) is 0 Å². The zero-order chi connectivity index (χ0) is 12.3. The Bertz CT molecular complexity index is 241. The normalized spacial score (nSPS) is 35.1. The standard InChI is InChI=1S/C11H20O5/c1-6(2)11(13)16-10-7(3)15-9(12)5-8(10)14-4/h6-10,12H,5H2,1-4H3/t7?,8?,9-,10+/m1/s1. The third kappa shape index (κ3) is 3.17. The molecule has 1 heterocycles. The van der Waals surface area contributed by atoms with Gasteiger partial charge in [-0.2, -0.15) is 0 Å². The van der Waals surface area contributed by atoms with Gasteiger partial charge in [0.25, 0.3) is 0 Å². The predicted octanol–water partition coefficient (Wildman–Crippen LogP) is 0.696. The number of esters is 1. The molecule has 0 radical (unpaired) electrons. The van der Waals surface area contributed by atoms with Crippen molar-refractivity contribution in [3.8, 4) is 0 Å². The van der Waals surface area contributed by atoms with Crippen molar-refractivity contribution >= 4 is 5.97 Å². The number of aliphatic hydroxyl groups is 1. The first-order valence-corrected chi connectivity index (χ1v) is 5.52. The third-order valence-corrected chi connectivity index (χ3v) is 2.66. The molecule has 5 nitrogen and oxygen atoms in total. The van der Waals surface area contributed by atoms with Gasteiger partial charge in [0.05, 0.1) is 12.0 Å². The largest absolute Gasteiger partial charge is 0.457 e. The van der Waals surface area contributed by atoms with Gasteiger partial charge in [-0.15, -0.1) is 0 Å². The van der Waals surface area contributed by atoms with E-state index in [0.717, 1.165) is 0 Å². The summed E-state index contributed by atoms with van der Waals surface area (Å²) in [6.07, 6.45) is -1.67. The van der Waals surface area contributed by atoms with Gasteiger partial charge in [0, 0.05) is 13.5 Å². The summed E-state index contributed by atoms with van der Waals surface area (Å²) in [5, 5.41) is 9.40. The van der Waals surface area contributed by atoms with Crippen LogP contribution in [0.5, 0.6) is 0 Å². The molecule has 5 heteroatoms. The van der Waals surface area contributed by atoms with E-state index in [1.54, 1.807) is 20.8 Å². The minimum absolute atomic E-state index is 0.184. The van der Waals surface area contributed by atoms with Gasteiger partial charge in [0.2, 0.25) is 0 Å². The average molecular weight is 232 g/mol. The Labute approximate surface area is 95.7 Å². The van der Waals surface area contributed by atoms with Crippen LogP contribution < -0.4 is 0 Å². The minimum Gasteiger partial charge on any atom is -0.457 e. The van der Waals surface area contributed by atoms with Crippen molar-refractivity contribution in [1.29, 1.82) is 0 Å². The number of carbonyl (C=O) groups excluding carboxylic acids is 1. The van der Waals surface area contributed by atoms with E-state index in [0.29, 0.717) is 6.42 Å². The number of rotatable bonds is 3. The maximum absolute atomic E-state index is 11.5. The second-order valence-corrected chi connectivity index (χ2v) is 4.36. The molecule has 0 saturated carbocycles. The summed E-state index contributed by atoms with van der Waals surface area (Å²) < 4.78 is 15.7. The molecular formula is C11H20O5. The number of hydrogen-bond acceptors (Lipinski definition) is 5. The molecule has 1 rings (SSSR count). The number of hydrogen-bond donors (Lipinski definition) is 1. The lowest BCUT2D eigenvalue weighted by Gasteiger charge is -2.37. The molecule has 4 atom stereocenters. The van der Waals surface area contributed by atoms with Crippen LogP contribution in [0.2, 0.25) is 0 Å². The molecule has 1 saturated heterocycles. The van der Waals surface area contributed by atoms with Crippen LogP contribution in [0.25, 0.3) is 0 Å². The maximum atomic E-state index is 11.5. The summed E-state index contributed by atoms with van der Waals surface area (Å²) in [5.41, 5.74) is 0. The summed E-state index contributed by atoms with van der Waals surface area (Å²) in [5.74, 6) is -0.463. The van der Waals surface area contributed by atoms with Gasteiger partial charge >= 0.3 is 5.97 Å². The van der Waals surface area contributed by atoms with Gasteiger partial charge in [-0.3, -0.25) is 4.79 Å². The summed E-state index contributed by atoms with van der Waals surface area (Å²) in [6.45, 7) is 5.30. The lowest BCUT2D eigenvalue weighted by molar-refractivity contribution is -0.241. The molecular weight excluding hydrogens is 212 g/mol. The van der Waals surface area contributed by atoms with Crippen LogP contribution >= 0.6 is 0 Å². The molecule has 0 aromatic rings. The van der Waals surface area contributed by atoms with Gasteiger partial charge in [0.1, 0.15) is 6.10 Å². The molecule has 0 bridgehead atoms. The Balaban J connectivity index is 2.64. The van der Waals surface area contributed by atoms with Crippen LogP contribution in [0.4, 0.5) is 0 Å². The first kappa shape index (κ1) is 13.4. The predicted molar refractivity (Wildman–Crippen MR) is 56.7 cm³/mol. The number of carbonyl (C=O) groups is 1. The van der Waals surface area contributed by atoms with Crippen molar-refractivity contribution in [2.24, 2.45) is 5.92 Å². The zero-order valence-corrected chi connectivity index (χ0v) is 10.2. The van der Waals surface area contributed by atoms with E-state index in [1.165, 1.54) is 7.11 Å². The second kappa shape index (κ2) is 5.61. The van der Waals surface area contributed by atoms with Crippen LogP contribution in [-0.2, 0) is 19.0 Å². The molecule has 0 spiro atoms. The van der Waals surface area contributed by atoms with Crippen LogP contribution in [0.1, 0.15) is 27.2 Å². The van der Waals surface area contributed by atoms with Crippen molar-refractivity contribution in [2.45, 2.75) is 51.8 Å². The Kier molecular flexibility index (Phi) is 4.70. The highest BCUT2D eigenvalue weighted by molar-refractivity contribution is 5.71. The Morgan fingerprint density at radius 3 is 2.62 bits per heavy atom. The highest BCUT2D eigenvalue weighted by Crippen LogP contribution is 2.24. The number of methoxy groups -OCH3 is 1. The van der Waals surface area contributed by atoms with Gasteiger partial charge in [-0.05, 0) is 6.92 Å². The molecule has 0 aromatic heterocycles. The van der Waals surface area contributed by atoms with E-state index in [-0.39, 0.29) is 24.1 Å². The quantitative estimate of drug-likeness (QED) is 0.725. The van der Waals surface area contributed by atoms with Crippen molar-refractivity contribution in [2.75, 3.05) is 7.11 Å². The minimum atomic E-state index is -0.853. The molecule has 0 aliphatic carbocycles. The summed E-state index contributed by atoms with van der Waals surface area (Å²) in [6, 6.07) is 0. The van der Waals surface area contributed by atoms with E-state index < -0.39 is 12.4 Å². The van der Waals surface area contributed by atoms with E-state index in [9.17, 15) is 9.90 Å². The molecule has 1 aliphatic rings. The fraction of sp³-hybridized carbons (Fsp3) is 0.909. The Hall–Kier alpha value is -0.650.